The number of hydrogen-bond donors (Lipinski definition) is 2. The lowest BCUT2D eigenvalue weighted by Gasteiger charge is -2.48. The van der Waals surface area contributed by atoms with Crippen molar-refractivity contribution in [1.29, 1.82) is 0 Å². The van der Waals surface area contributed by atoms with Gasteiger partial charge in [-0.3, -0.25) is 4.79 Å². The largest absolute Gasteiger partial charge is 0.490 e. The van der Waals surface area contributed by atoms with Crippen LogP contribution in [0.4, 0.5) is 0 Å². The second-order valence-electron chi connectivity index (χ2n) is 7.91. The van der Waals surface area contributed by atoms with E-state index in [1.54, 1.807) is 23.9 Å². The minimum absolute atomic E-state index is 0.0208. The molecule has 156 valence electrons. The average molecular weight is 508 g/mol. The highest BCUT2D eigenvalue weighted by atomic mass is 79.9. The van der Waals surface area contributed by atoms with Crippen molar-refractivity contribution in [2.24, 2.45) is 16.6 Å². The van der Waals surface area contributed by atoms with Gasteiger partial charge in [0.05, 0.1) is 5.02 Å². The van der Waals surface area contributed by atoms with Crippen LogP contribution in [0.2, 0.25) is 5.02 Å². The Balaban J connectivity index is 1.43. The first kappa shape index (κ1) is 20.2. The van der Waals surface area contributed by atoms with Crippen molar-refractivity contribution >= 4 is 50.4 Å². The number of nitrogens with two attached hydrogens (primary N) is 1. The fourth-order valence-electron chi connectivity index (χ4n) is 4.77. The number of aromatic nitrogens is 1. The molecule has 30 heavy (non-hydrogen) atoms. The Morgan fingerprint density at radius 3 is 2.93 bits per heavy atom. The Morgan fingerprint density at radius 1 is 1.33 bits per heavy atom. The van der Waals surface area contributed by atoms with Crippen LogP contribution >= 0.6 is 39.3 Å². The highest BCUT2D eigenvalue weighted by molar-refractivity contribution is 9.10. The second-order valence-corrected chi connectivity index (χ2v) is 10.3. The number of pyridine rings is 1. The van der Waals surface area contributed by atoms with E-state index in [-0.39, 0.29) is 24.0 Å². The van der Waals surface area contributed by atoms with Crippen molar-refractivity contribution in [3.05, 3.63) is 57.3 Å². The molecule has 2 aromatic rings. The Morgan fingerprint density at radius 2 is 2.20 bits per heavy atom. The molecule has 2 aliphatic heterocycles. The summed E-state index contributed by atoms with van der Waals surface area (Å²) in [4.78, 5) is 21.8. The van der Waals surface area contributed by atoms with Crippen molar-refractivity contribution < 1.29 is 9.53 Å². The van der Waals surface area contributed by atoms with E-state index in [1.165, 1.54) is 6.20 Å². The van der Waals surface area contributed by atoms with E-state index in [0.717, 1.165) is 40.8 Å². The molecule has 1 fully saturated rings. The van der Waals surface area contributed by atoms with E-state index in [0.29, 0.717) is 15.9 Å². The van der Waals surface area contributed by atoms with E-state index in [9.17, 15) is 4.79 Å². The third kappa shape index (κ3) is 3.48. The van der Waals surface area contributed by atoms with E-state index < -0.39 is 5.54 Å². The monoisotopic (exact) mass is 506 g/mol. The van der Waals surface area contributed by atoms with E-state index in [2.05, 4.69) is 32.3 Å². The van der Waals surface area contributed by atoms with Gasteiger partial charge in [-0.1, -0.05) is 39.3 Å². The van der Waals surface area contributed by atoms with Gasteiger partial charge in [0, 0.05) is 33.9 Å². The van der Waals surface area contributed by atoms with Crippen LogP contribution < -0.4 is 15.8 Å². The summed E-state index contributed by atoms with van der Waals surface area (Å²) in [5.41, 5.74) is 7.13. The molecule has 1 spiro atoms. The minimum Gasteiger partial charge on any atom is -0.490 e. The van der Waals surface area contributed by atoms with Crippen LogP contribution in [0.1, 0.15) is 35.3 Å². The molecule has 1 aromatic heterocycles. The smallest absolute Gasteiger partial charge is 0.270 e. The molecule has 3 aliphatic rings. The lowest BCUT2D eigenvalue weighted by atomic mass is 9.67. The molecule has 0 radical (unpaired) electrons. The molecule has 6 nitrogen and oxygen atoms in total. The van der Waals surface area contributed by atoms with Crippen LogP contribution in [-0.2, 0) is 5.54 Å². The molecule has 0 bridgehead atoms. The molecule has 1 saturated carbocycles. The van der Waals surface area contributed by atoms with E-state index in [1.807, 2.05) is 12.1 Å². The summed E-state index contributed by atoms with van der Waals surface area (Å²) in [7, 11) is 0. The zero-order valence-electron chi connectivity index (χ0n) is 16.0. The molecule has 9 heteroatoms. The Bertz CT molecular complexity index is 1030. The number of ether oxygens (including phenoxy) is 1. The molecule has 3 heterocycles. The molecule has 5 rings (SSSR count). The number of amidine groups is 1. The Hall–Kier alpha value is -1.77. The maximum Gasteiger partial charge on any atom is 0.270 e. The number of fused-ring (bicyclic) bond motifs is 4. The molecular weight excluding hydrogens is 488 g/mol. The van der Waals surface area contributed by atoms with Crippen molar-refractivity contribution in [1.82, 2.24) is 10.3 Å². The van der Waals surface area contributed by atoms with Gasteiger partial charge in [0.1, 0.15) is 23.1 Å². The first-order chi connectivity index (χ1) is 14.4. The molecular formula is C21H20BrClN4O2S. The molecule has 1 aliphatic carbocycles. The SMILES string of the molecule is NC1=NC2(CS1)c1cc(Br)ccc1O[C@H]1CC[C@H](NC(=O)c3ccc(Cl)cn3)C[C@@H]12. The molecule has 3 N–H and O–H groups in total. The highest BCUT2D eigenvalue weighted by Gasteiger charge is 2.54. The summed E-state index contributed by atoms with van der Waals surface area (Å²) in [5.74, 6) is 1.61. The molecule has 4 atom stereocenters. The van der Waals surface area contributed by atoms with Gasteiger partial charge in [-0.05, 0) is 49.6 Å². The van der Waals surface area contributed by atoms with Crippen LogP contribution in [-0.4, -0.2) is 34.0 Å². The summed E-state index contributed by atoms with van der Waals surface area (Å²) < 4.78 is 7.37. The fraction of sp³-hybridized carbons (Fsp3) is 0.381. The first-order valence-corrected chi connectivity index (χ1v) is 12.0. The van der Waals surface area contributed by atoms with Gasteiger partial charge in [-0.2, -0.15) is 0 Å². The summed E-state index contributed by atoms with van der Waals surface area (Å²) in [6, 6.07) is 9.42. The summed E-state index contributed by atoms with van der Waals surface area (Å²) in [6.07, 6.45) is 4.00. The lowest BCUT2D eigenvalue weighted by molar-refractivity contribution is 0.0155. The first-order valence-electron chi connectivity index (χ1n) is 9.82. The van der Waals surface area contributed by atoms with Crippen LogP contribution in [0.5, 0.6) is 5.75 Å². The minimum atomic E-state index is -0.432. The number of thioether (sulfide) groups is 1. The highest BCUT2D eigenvalue weighted by Crippen LogP contribution is 2.54. The van der Waals surface area contributed by atoms with Gasteiger partial charge in [-0.15, -0.1) is 0 Å². The number of benzene rings is 1. The van der Waals surface area contributed by atoms with Gasteiger partial charge in [0.15, 0.2) is 5.17 Å². The van der Waals surface area contributed by atoms with Gasteiger partial charge in [0.2, 0.25) is 0 Å². The number of nitrogens with zero attached hydrogens (tertiary/aromatic N) is 2. The molecule has 0 saturated heterocycles. The zero-order chi connectivity index (χ0) is 20.9. The Labute approximate surface area is 192 Å². The van der Waals surface area contributed by atoms with Crippen molar-refractivity contribution in [2.45, 2.75) is 36.9 Å². The van der Waals surface area contributed by atoms with Gasteiger partial charge in [0.25, 0.3) is 5.91 Å². The summed E-state index contributed by atoms with van der Waals surface area (Å²) >= 11 is 11.1. The zero-order valence-corrected chi connectivity index (χ0v) is 19.1. The van der Waals surface area contributed by atoms with E-state index in [4.69, 9.17) is 27.1 Å². The maximum atomic E-state index is 12.7. The molecule has 1 aromatic carbocycles. The predicted octanol–water partition coefficient (Wildman–Crippen LogP) is 4.11. The number of halogens is 2. The average Bonchev–Trinajstić information content (AvgIpc) is 3.12. The van der Waals surface area contributed by atoms with Crippen LogP contribution in [0, 0.1) is 5.92 Å². The third-order valence-corrected chi connectivity index (χ3v) is 7.82. The van der Waals surface area contributed by atoms with E-state index >= 15 is 0 Å². The Kier molecular flexibility index (Phi) is 5.19. The van der Waals surface area contributed by atoms with Gasteiger partial charge >= 0.3 is 0 Å². The standard InChI is InChI=1S/C21H20BrClN4O2S/c22-11-1-5-17-14(7-11)21(10-30-20(24)27-21)15-8-13(3-6-18(15)29-17)26-19(28)16-4-2-12(23)9-25-16/h1-2,4-5,7,9,13,15,18H,3,6,8,10H2,(H2,24,27)(H,26,28)/t13-,15-,18-,21?/m0/s1. The van der Waals surface area contributed by atoms with Crippen molar-refractivity contribution in [3.8, 4) is 5.75 Å². The number of amides is 1. The van der Waals surface area contributed by atoms with Crippen molar-refractivity contribution in [3.63, 3.8) is 0 Å². The van der Waals surface area contributed by atoms with Gasteiger partial charge < -0.3 is 15.8 Å². The number of aliphatic imine (C=N–C) groups is 1. The summed E-state index contributed by atoms with van der Waals surface area (Å²) in [5, 5.41) is 4.26. The number of rotatable bonds is 2. The van der Waals surface area contributed by atoms with Crippen LogP contribution in [0.25, 0.3) is 0 Å². The summed E-state index contributed by atoms with van der Waals surface area (Å²) in [6.45, 7) is 0. The number of hydrogen-bond acceptors (Lipinski definition) is 6. The number of nitrogens with one attached hydrogen (secondary N) is 1. The second kappa shape index (κ2) is 7.73. The quantitative estimate of drug-likeness (QED) is 0.638. The predicted molar refractivity (Wildman–Crippen MR) is 122 cm³/mol. The maximum absolute atomic E-state index is 12.7. The third-order valence-electron chi connectivity index (χ3n) is 6.13. The van der Waals surface area contributed by atoms with Crippen molar-refractivity contribution in [2.75, 3.05) is 5.75 Å². The van der Waals surface area contributed by atoms with Gasteiger partial charge in [-0.25, -0.2) is 9.98 Å². The number of carbonyl (C=O) groups is 1. The topological polar surface area (TPSA) is 89.6 Å². The fourth-order valence-corrected chi connectivity index (χ4v) is 6.27. The molecule has 1 unspecified atom stereocenters. The van der Waals surface area contributed by atoms with Crippen LogP contribution in [0.15, 0.2) is 46.0 Å². The normalized spacial score (nSPS) is 29.5. The molecule has 1 amide bonds. The lowest BCUT2D eigenvalue weighted by Crippen LogP contribution is -2.54. The van der Waals surface area contributed by atoms with Crippen LogP contribution in [0.3, 0.4) is 0 Å². The number of carbonyl (C=O) groups excluding carboxylic acids is 1.